The minimum Gasteiger partial charge on any atom is -0.508 e. The number of phenols is 4. The number of phenolic OH excluding ortho intramolecular Hbond substituents is 4. The van der Waals surface area contributed by atoms with Gasteiger partial charge in [-0.25, -0.2) is 9.59 Å². The van der Waals surface area contributed by atoms with Crippen molar-refractivity contribution < 1.29 is 63.2 Å². The average Bonchev–Trinajstić information content (AvgIpc) is 3.55. The number of esters is 1. The maximum absolute atomic E-state index is 12.5. The summed E-state index contributed by atoms with van der Waals surface area (Å²) < 4.78 is 31.3. The lowest BCUT2D eigenvalue weighted by molar-refractivity contribution is -0.131. The molecule has 0 unspecified atom stereocenters. The van der Waals surface area contributed by atoms with Crippen molar-refractivity contribution in [3.63, 3.8) is 0 Å². The molecule has 0 bridgehead atoms. The molecule has 0 atom stereocenters. The summed E-state index contributed by atoms with van der Waals surface area (Å²) in [4.78, 5) is 35.0. The van der Waals surface area contributed by atoms with E-state index in [1.807, 2.05) is 137 Å². The summed E-state index contributed by atoms with van der Waals surface area (Å²) in [6, 6.07) is 69.4. The number of methoxy groups -OCH3 is 1. The molecule has 0 heterocycles. The van der Waals surface area contributed by atoms with E-state index in [9.17, 15) is 34.8 Å². The molecule has 0 aliphatic carbocycles. The van der Waals surface area contributed by atoms with Crippen LogP contribution in [0.15, 0.2) is 231 Å². The highest BCUT2D eigenvalue weighted by atomic mass is 16.7. The van der Waals surface area contributed by atoms with Crippen molar-refractivity contribution in [2.45, 2.75) is 73.1 Å². The maximum Gasteiger partial charge on any atom is 0.519 e. The van der Waals surface area contributed by atoms with E-state index in [2.05, 4.69) is 33.8 Å². The summed E-state index contributed by atoms with van der Waals surface area (Å²) in [5, 5.41) is 37.5. The molecule has 10 aromatic rings. The maximum atomic E-state index is 12.5. The monoisotopic (exact) mass is 1180 g/mol. The van der Waals surface area contributed by atoms with Gasteiger partial charge in [-0.3, -0.25) is 4.79 Å². The van der Waals surface area contributed by atoms with Crippen molar-refractivity contribution in [3.05, 3.63) is 275 Å². The van der Waals surface area contributed by atoms with E-state index in [1.54, 1.807) is 122 Å². The molecule has 13 heteroatoms. The van der Waals surface area contributed by atoms with E-state index in [1.165, 1.54) is 6.92 Å². The number of aromatic hydroxyl groups is 4. The highest BCUT2D eigenvalue weighted by molar-refractivity contribution is 5.72. The number of carbonyl (C=O) groups is 3. The van der Waals surface area contributed by atoms with Crippen LogP contribution in [0.5, 0.6) is 57.5 Å². The largest absolute Gasteiger partial charge is 0.519 e. The van der Waals surface area contributed by atoms with Crippen LogP contribution in [0.1, 0.15) is 79.1 Å². The quantitative estimate of drug-likeness (QED) is 0.0515. The van der Waals surface area contributed by atoms with Gasteiger partial charge in [0.25, 0.3) is 0 Å². The first-order valence-corrected chi connectivity index (χ1v) is 28.2. The lowest BCUT2D eigenvalue weighted by Crippen LogP contribution is -2.19. The van der Waals surface area contributed by atoms with Gasteiger partial charge in [0, 0.05) is 17.8 Å². The van der Waals surface area contributed by atoms with Gasteiger partial charge in [-0.2, -0.15) is 0 Å². The Balaban J connectivity index is 0.000000186. The molecule has 0 aliphatic heterocycles. The number of ether oxygens (including phenoxy) is 6. The van der Waals surface area contributed by atoms with Crippen LogP contribution in [0.25, 0.3) is 22.3 Å². The molecule has 88 heavy (non-hydrogen) atoms. The molecule has 0 amide bonds. The van der Waals surface area contributed by atoms with Gasteiger partial charge in [-0.15, -0.1) is 0 Å². The lowest BCUT2D eigenvalue weighted by Gasteiger charge is -2.26. The van der Waals surface area contributed by atoms with Crippen LogP contribution in [-0.4, -0.2) is 45.8 Å². The number of rotatable bonds is 12. The van der Waals surface area contributed by atoms with Gasteiger partial charge in [-0.1, -0.05) is 137 Å². The predicted octanol–water partition coefficient (Wildman–Crippen LogP) is 17.9. The average molecular weight is 1180 g/mol. The Hall–Kier alpha value is -10.8. The number of benzene rings is 10. The highest BCUT2D eigenvalue weighted by Gasteiger charge is 2.25. The van der Waals surface area contributed by atoms with E-state index in [0.29, 0.717) is 40.2 Å². The fraction of sp³-hybridized carbons (Fsp3) is 0.160. The van der Waals surface area contributed by atoms with Crippen molar-refractivity contribution in [2.75, 3.05) is 7.11 Å². The molecule has 0 aromatic heterocycles. The Kier molecular flexibility index (Phi) is 22.0. The minimum absolute atomic E-state index is 0.151. The normalized spacial score (nSPS) is 10.7. The molecule has 450 valence electrons. The molecular weight excluding hydrogens is 1110 g/mol. The summed E-state index contributed by atoms with van der Waals surface area (Å²) in [5.41, 5.74) is 11.6. The zero-order valence-electron chi connectivity index (χ0n) is 50.9. The van der Waals surface area contributed by atoms with E-state index in [4.69, 9.17) is 28.4 Å². The molecule has 0 spiro atoms. The molecule has 0 saturated heterocycles. The van der Waals surface area contributed by atoms with Crippen LogP contribution < -0.4 is 28.4 Å². The molecule has 10 aromatic carbocycles. The number of hydrogen-bond donors (Lipinski definition) is 4. The smallest absolute Gasteiger partial charge is 0.508 e. The van der Waals surface area contributed by atoms with Crippen molar-refractivity contribution in [2.24, 2.45) is 0 Å². The van der Waals surface area contributed by atoms with Gasteiger partial charge in [0.05, 0.1) is 7.11 Å². The van der Waals surface area contributed by atoms with Crippen LogP contribution in [0.3, 0.4) is 0 Å². The molecule has 0 fully saturated rings. The van der Waals surface area contributed by atoms with Crippen LogP contribution in [0, 0.1) is 27.7 Å². The van der Waals surface area contributed by atoms with Gasteiger partial charge >= 0.3 is 18.3 Å². The second-order valence-corrected chi connectivity index (χ2v) is 21.7. The first kappa shape index (κ1) is 64.8. The first-order chi connectivity index (χ1) is 42.0. The number of carbonyl (C=O) groups excluding carboxylic acids is 3. The predicted molar refractivity (Wildman–Crippen MR) is 343 cm³/mol. The van der Waals surface area contributed by atoms with Gasteiger partial charge in [0.1, 0.15) is 57.5 Å². The summed E-state index contributed by atoms with van der Waals surface area (Å²) in [6.45, 7) is 17.4. The molecule has 13 nitrogen and oxygen atoms in total. The summed E-state index contributed by atoms with van der Waals surface area (Å²) in [5.74, 6) is 3.88. The molecule has 10 rings (SSSR count). The van der Waals surface area contributed by atoms with Crippen LogP contribution in [0.4, 0.5) is 9.59 Å². The van der Waals surface area contributed by atoms with Crippen LogP contribution >= 0.6 is 0 Å². The van der Waals surface area contributed by atoms with E-state index >= 15 is 0 Å². The molecular formula is C75H72O13. The zero-order chi connectivity index (χ0) is 63.5. The number of para-hydroxylation sites is 2. The van der Waals surface area contributed by atoms with E-state index in [0.717, 1.165) is 72.5 Å². The van der Waals surface area contributed by atoms with Crippen molar-refractivity contribution in [3.8, 4) is 79.7 Å². The second kappa shape index (κ2) is 29.8. The first-order valence-electron chi connectivity index (χ1n) is 28.2. The van der Waals surface area contributed by atoms with Crippen molar-refractivity contribution >= 4 is 18.3 Å². The molecule has 0 radical (unpaired) electrons. The van der Waals surface area contributed by atoms with Crippen LogP contribution in [-0.2, 0) is 15.6 Å². The van der Waals surface area contributed by atoms with Gasteiger partial charge in [0.15, 0.2) is 0 Å². The zero-order valence-corrected chi connectivity index (χ0v) is 50.9. The minimum atomic E-state index is -0.806. The molecule has 4 N–H and O–H groups in total. The Morgan fingerprint density at radius 1 is 0.330 bits per heavy atom. The fourth-order valence-electron chi connectivity index (χ4n) is 9.20. The van der Waals surface area contributed by atoms with Crippen LogP contribution in [0.2, 0.25) is 0 Å². The third kappa shape index (κ3) is 18.1. The SMILES string of the molecule is CC(C)(c1ccc(O)cc1)c1ccc(O)cc1.COc1ccc(-c2ccc(OC(=O)Oc3ccc(C(C)(C)c4ccc(OC(C)=O)cc4)cc3)c(C)c2)cc1C.Cc1cc(-c2ccc(O)c(C)c2)ccc1O.O=C(Oc1ccccc1)Oc1ccccc1. The van der Waals surface area contributed by atoms with Gasteiger partial charge in [-0.05, 0) is 216 Å². The van der Waals surface area contributed by atoms with Gasteiger partial charge < -0.3 is 48.8 Å². The molecule has 0 saturated carbocycles. The summed E-state index contributed by atoms with van der Waals surface area (Å²) >= 11 is 0. The van der Waals surface area contributed by atoms with E-state index in [-0.39, 0.29) is 28.3 Å². The Morgan fingerprint density at radius 3 is 0.955 bits per heavy atom. The topological polar surface area (TPSA) is 188 Å². The van der Waals surface area contributed by atoms with E-state index < -0.39 is 12.3 Å². The third-order valence-electron chi connectivity index (χ3n) is 14.5. The fourth-order valence-corrected chi connectivity index (χ4v) is 9.20. The summed E-state index contributed by atoms with van der Waals surface area (Å²) in [6.07, 6.45) is -1.54. The Bertz CT molecular complexity index is 3790. The van der Waals surface area contributed by atoms with Gasteiger partial charge in [0.2, 0.25) is 0 Å². The van der Waals surface area contributed by atoms with Crippen molar-refractivity contribution in [1.29, 1.82) is 0 Å². The standard InChI is InChI=1S/C33H32O6.C15H16O2.C14H14O2.C13H10O3/c1-21-19-24(7-17-30(21)36-6)25-8-18-31(22(2)20-25)39-32(35)38-29-15-11-27(12-16-29)33(4,5)26-9-13-28(14-10-26)37-23(3)34;1-15(2,11-3-7-13(16)8-4-11)12-5-9-14(17)10-6-12;1-9-7-11(3-5-13(9)15)12-4-6-14(16)10(2)8-12;14-13(15-11-7-3-1-4-8-11)16-12-9-5-2-6-10-12/h7-20H,1-6H3;3-10,16-17H,1-2H3;3-8,15-16H,1-2H3;1-10H. The Labute approximate surface area is 514 Å². The highest BCUT2D eigenvalue weighted by Crippen LogP contribution is 2.36. The number of aryl methyl sites for hydroxylation is 4. The second-order valence-electron chi connectivity index (χ2n) is 21.7. The third-order valence-corrected chi connectivity index (χ3v) is 14.5. The summed E-state index contributed by atoms with van der Waals surface area (Å²) in [7, 11) is 1.65. The number of hydrogen-bond acceptors (Lipinski definition) is 13. The molecule has 0 aliphatic rings. The Morgan fingerprint density at radius 2 is 0.625 bits per heavy atom. The van der Waals surface area contributed by atoms with Crippen molar-refractivity contribution in [1.82, 2.24) is 0 Å². The lowest BCUT2D eigenvalue weighted by atomic mass is 9.78.